The molecule has 3 saturated heterocycles. The van der Waals surface area contributed by atoms with E-state index >= 15 is 0 Å². The Balaban J connectivity index is 1.07. The molecule has 0 bridgehead atoms. The van der Waals surface area contributed by atoms with E-state index in [1.807, 2.05) is 53.1 Å². The Morgan fingerprint density at radius 2 is 1.64 bits per heavy atom. The first-order valence-electron chi connectivity index (χ1n) is 16.5. The van der Waals surface area contributed by atoms with Crippen molar-refractivity contribution in [1.29, 1.82) is 0 Å². The Hall–Kier alpha value is -3.15. The maximum Gasteiger partial charge on any atom is 0.410 e. The maximum atomic E-state index is 13.9. The average molecular weight is 682 g/mol. The lowest BCUT2D eigenvalue weighted by Gasteiger charge is -2.41. The summed E-state index contributed by atoms with van der Waals surface area (Å²) >= 11 is 3.61. The lowest BCUT2D eigenvalue weighted by atomic mass is 10.0. The third-order valence-corrected chi connectivity index (χ3v) is 10.8. The van der Waals surface area contributed by atoms with Crippen LogP contribution in [0.2, 0.25) is 0 Å². The van der Waals surface area contributed by atoms with Crippen molar-refractivity contribution in [3.05, 3.63) is 63.6 Å². The SMILES string of the molecule is Cc1ccc(CC(OC(=O)N2CCC(N3CCc4ccccc4NC3=O)CC2)C(=O)N2CCN(C3CCNCC3)CC2)cc1Br. The summed E-state index contributed by atoms with van der Waals surface area (Å²) in [5.74, 6) is -0.124. The van der Waals surface area contributed by atoms with Crippen LogP contribution in [0.15, 0.2) is 46.9 Å². The molecule has 10 nitrogen and oxygen atoms in total. The number of halogens is 1. The number of aryl methyl sites for hydroxylation is 1. The van der Waals surface area contributed by atoms with E-state index in [1.54, 1.807) is 4.90 Å². The lowest BCUT2D eigenvalue weighted by Crippen LogP contribution is -2.56. The molecular weight excluding hydrogens is 636 g/mol. The van der Waals surface area contributed by atoms with Crippen LogP contribution in [0, 0.1) is 6.92 Å². The number of carbonyl (C=O) groups excluding carboxylic acids is 3. The van der Waals surface area contributed by atoms with Gasteiger partial charge in [-0.25, -0.2) is 9.59 Å². The number of nitrogens with one attached hydrogen (secondary N) is 2. The van der Waals surface area contributed by atoms with Gasteiger partial charge in [0.15, 0.2) is 6.10 Å². The first-order valence-corrected chi connectivity index (χ1v) is 17.2. The van der Waals surface area contributed by atoms with E-state index in [-0.39, 0.29) is 18.0 Å². The monoisotopic (exact) mass is 680 g/mol. The number of likely N-dealkylation sites (tertiary alicyclic amines) is 1. The number of urea groups is 1. The highest BCUT2D eigenvalue weighted by Crippen LogP contribution is 2.26. The van der Waals surface area contributed by atoms with Gasteiger partial charge in [-0.05, 0) is 80.9 Å². The molecule has 2 aromatic carbocycles. The number of rotatable bonds is 6. The van der Waals surface area contributed by atoms with Crippen LogP contribution in [0.3, 0.4) is 0 Å². The molecule has 1 atom stereocenters. The molecule has 6 rings (SSSR count). The van der Waals surface area contributed by atoms with Gasteiger partial charge in [-0.1, -0.05) is 46.3 Å². The Bertz CT molecular complexity index is 1370. The van der Waals surface area contributed by atoms with Crippen LogP contribution in [0.1, 0.15) is 42.4 Å². The highest BCUT2D eigenvalue weighted by molar-refractivity contribution is 9.10. The number of carbonyl (C=O) groups is 3. The van der Waals surface area contributed by atoms with Gasteiger partial charge < -0.3 is 30.1 Å². The predicted molar refractivity (Wildman–Crippen MR) is 177 cm³/mol. The standard InChI is InChI=1S/C34H45BrN6O4/c1-24-6-7-25(22-29(24)35)23-31(32(42)39-20-18-38(19-21-39)27-8-13-36-14-9-27)45-34(44)40-15-11-28(12-16-40)41-17-10-26-4-2-3-5-30(26)37-33(41)43/h2-7,22,27-28,31,36H,8-21,23H2,1H3,(H,37,43). The summed E-state index contributed by atoms with van der Waals surface area (Å²) in [6.45, 7) is 8.68. The molecular formula is C34H45BrN6O4. The minimum atomic E-state index is -0.898. The van der Waals surface area contributed by atoms with Gasteiger partial charge in [-0.15, -0.1) is 0 Å². The summed E-state index contributed by atoms with van der Waals surface area (Å²) in [7, 11) is 0. The summed E-state index contributed by atoms with van der Waals surface area (Å²) in [4.78, 5) is 48.5. The number of hydrogen-bond acceptors (Lipinski definition) is 6. The van der Waals surface area contributed by atoms with Gasteiger partial charge in [-0.3, -0.25) is 9.69 Å². The number of hydrogen-bond donors (Lipinski definition) is 2. The van der Waals surface area contributed by atoms with E-state index in [2.05, 4.69) is 37.5 Å². The first-order chi connectivity index (χ1) is 21.9. The van der Waals surface area contributed by atoms with Crippen molar-refractivity contribution in [3.8, 4) is 0 Å². The highest BCUT2D eigenvalue weighted by atomic mass is 79.9. The molecule has 0 aromatic heterocycles. The number of fused-ring (bicyclic) bond motifs is 1. The Kier molecular flexibility index (Phi) is 10.3. The highest BCUT2D eigenvalue weighted by Gasteiger charge is 2.36. The van der Waals surface area contributed by atoms with E-state index in [0.717, 1.165) is 72.3 Å². The zero-order chi connectivity index (χ0) is 31.3. The Morgan fingerprint density at radius 1 is 0.911 bits per heavy atom. The van der Waals surface area contributed by atoms with Gasteiger partial charge in [0.25, 0.3) is 5.91 Å². The number of ether oxygens (including phenoxy) is 1. The van der Waals surface area contributed by atoms with Crippen LogP contribution in [-0.4, -0.2) is 115 Å². The molecule has 0 radical (unpaired) electrons. The minimum absolute atomic E-state index is 0.0435. The van der Waals surface area contributed by atoms with Gasteiger partial charge in [0.1, 0.15) is 0 Å². The molecule has 2 N–H and O–H groups in total. The van der Waals surface area contributed by atoms with Crippen LogP contribution in [0.4, 0.5) is 15.3 Å². The molecule has 242 valence electrons. The van der Waals surface area contributed by atoms with Gasteiger partial charge in [-0.2, -0.15) is 0 Å². The first kappa shape index (κ1) is 31.8. The van der Waals surface area contributed by atoms with Crippen LogP contribution < -0.4 is 10.6 Å². The van der Waals surface area contributed by atoms with Gasteiger partial charge in [0, 0.05) is 74.5 Å². The quantitative estimate of drug-likeness (QED) is 0.474. The molecule has 0 aliphatic carbocycles. The molecule has 45 heavy (non-hydrogen) atoms. The minimum Gasteiger partial charge on any atom is -0.436 e. The normalized spacial score (nSPS) is 21.1. The summed E-state index contributed by atoms with van der Waals surface area (Å²) in [6.07, 6.45) is 3.38. The lowest BCUT2D eigenvalue weighted by molar-refractivity contribution is -0.143. The Morgan fingerprint density at radius 3 is 2.38 bits per heavy atom. The van der Waals surface area contributed by atoms with Crippen molar-refractivity contribution in [2.45, 2.75) is 63.6 Å². The van der Waals surface area contributed by atoms with Gasteiger partial charge in [0.05, 0.1) is 0 Å². The second kappa shape index (κ2) is 14.5. The molecule has 0 spiro atoms. The molecule has 3 fully saturated rings. The van der Waals surface area contributed by atoms with E-state index < -0.39 is 12.2 Å². The van der Waals surface area contributed by atoms with Crippen LogP contribution in [0.5, 0.6) is 0 Å². The molecule has 4 aliphatic heterocycles. The topological polar surface area (TPSA) is 97.5 Å². The van der Waals surface area contributed by atoms with Gasteiger partial charge in [0.2, 0.25) is 0 Å². The molecule has 2 aromatic rings. The molecule has 1 unspecified atom stereocenters. The Labute approximate surface area is 274 Å². The fraction of sp³-hybridized carbons (Fsp3) is 0.559. The summed E-state index contributed by atoms with van der Waals surface area (Å²) in [5, 5.41) is 6.49. The smallest absolute Gasteiger partial charge is 0.410 e. The van der Waals surface area contributed by atoms with Crippen molar-refractivity contribution in [1.82, 2.24) is 24.9 Å². The van der Waals surface area contributed by atoms with Gasteiger partial charge >= 0.3 is 12.1 Å². The van der Waals surface area contributed by atoms with E-state index in [4.69, 9.17) is 4.74 Å². The number of benzene rings is 2. The summed E-state index contributed by atoms with van der Waals surface area (Å²) < 4.78 is 7.02. The molecule has 0 saturated carbocycles. The summed E-state index contributed by atoms with van der Waals surface area (Å²) in [6, 6.07) is 14.5. The largest absolute Gasteiger partial charge is 0.436 e. The number of nitrogens with zero attached hydrogens (tertiary/aromatic N) is 4. The third kappa shape index (κ3) is 7.64. The van der Waals surface area contributed by atoms with E-state index in [1.165, 1.54) is 0 Å². The number of amides is 4. The van der Waals surface area contributed by atoms with Crippen LogP contribution >= 0.6 is 15.9 Å². The number of anilines is 1. The second-order valence-electron chi connectivity index (χ2n) is 12.8. The third-order valence-electron chi connectivity index (χ3n) is 9.93. The zero-order valence-electron chi connectivity index (χ0n) is 26.2. The van der Waals surface area contributed by atoms with Crippen molar-refractivity contribution in [3.63, 3.8) is 0 Å². The summed E-state index contributed by atoms with van der Waals surface area (Å²) in [5.41, 5.74) is 4.06. The van der Waals surface area contributed by atoms with Crippen molar-refractivity contribution in [2.75, 3.05) is 64.2 Å². The second-order valence-corrected chi connectivity index (χ2v) is 13.6. The van der Waals surface area contributed by atoms with E-state index in [0.29, 0.717) is 58.0 Å². The van der Waals surface area contributed by atoms with Crippen molar-refractivity contribution < 1.29 is 19.1 Å². The van der Waals surface area contributed by atoms with Crippen molar-refractivity contribution >= 4 is 39.6 Å². The van der Waals surface area contributed by atoms with E-state index in [9.17, 15) is 14.4 Å². The predicted octanol–water partition coefficient (Wildman–Crippen LogP) is 4.26. The van der Waals surface area contributed by atoms with Crippen LogP contribution in [-0.2, 0) is 22.4 Å². The fourth-order valence-electron chi connectivity index (χ4n) is 7.13. The zero-order valence-corrected chi connectivity index (χ0v) is 27.8. The molecule has 4 heterocycles. The molecule has 11 heteroatoms. The molecule has 4 aliphatic rings. The number of piperidine rings is 2. The maximum absolute atomic E-state index is 13.9. The number of para-hydroxylation sites is 1. The number of piperazine rings is 1. The van der Waals surface area contributed by atoms with Crippen LogP contribution in [0.25, 0.3) is 0 Å². The fourth-order valence-corrected chi connectivity index (χ4v) is 7.56. The van der Waals surface area contributed by atoms with Crippen molar-refractivity contribution in [2.24, 2.45) is 0 Å². The molecule has 4 amide bonds. The average Bonchev–Trinajstić information content (AvgIpc) is 3.24.